The molecular weight excluding hydrogens is 252 g/mol. The summed E-state index contributed by atoms with van der Waals surface area (Å²) in [7, 11) is 2.97. The first-order chi connectivity index (χ1) is 8.97. The van der Waals surface area contributed by atoms with Crippen molar-refractivity contribution in [2.24, 2.45) is 0 Å². The van der Waals surface area contributed by atoms with E-state index in [9.17, 15) is 14.4 Å². The van der Waals surface area contributed by atoms with Gasteiger partial charge in [0, 0.05) is 33.0 Å². The van der Waals surface area contributed by atoms with Crippen LogP contribution in [0, 0.1) is 0 Å². The topological polar surface area (TPSA) is 95.9 Å². The number of carboxylic acid groups (broad SMARTS) is 1. The molecule has 0 bridgehead atoms. The lowest BCUT2D eigenvalue weighted by molar-refractivity contribution is -0.141. The second-order valence-electron chi connectivity index (χ2n) is 4.18. The molecule has 0 saturated carbocycles. The molecule has 0 rings (SSSR count). The average Bonchev–Trinajstić information content (AvgIpc) is 2.37. The molecule has 0 fully saturated rings. The van der Waals surface area contributed by atoms with Crippen LogP contribution >= 0.6 is 0 Å². The van der Waals surface area contributed by atoms with Crippen LogP contribution in [0.4, 0.5) is 4.79 Å². The number of hydrogen-bond donors (Lipinski definition) is 2. The minimum atomic E-state index is -0.828. The summed E-state index contributed by atoms with van der Waals surface area (Å²) in [5.74, 6) is -1.12. The number of aliphatic carboxylic acids is 1. The summed E-state index contributed by atoms with van der Waals surface area (Å²) in [6, 6.07) is -0.222. The fourth-order valence-electron chi connectivity index (χ4n) is 1.40. The number of methoxy groups -OCH3 is 1. The second-order valence-corrected chi connectivity index (χ2v) is 4.18. The molecule has 0 aromatic rings. The fraction of sp³-hybridized carbons (Fsp3) is 0.750. The van der Waals surface area contributed by atoms with Gasteiger partial charge in [0.1, 0.15) is 0 Å². The second kappa shape index (κ2) is 10.2. The van der Waals surface area contributed by atoms with Crippen molar-refractivity contribution in [2.75, 3.05) is 27.2 Å². The van der Waals surface area contributed by atoms with Gasteiger partial charge in [-0.3, -0.25) is 9.59 Å². The van der Waals surface area contributed by atoms with Crippen molar-refractivity contribution in [3.63, 3.8) is 0 Å². The van der Waals surface area contributed by atoms with Gasteiger partial charge in [-0.15, -0.1) is 0 Å². The van der Waals surface area contributed by atoms with Gasteiger partial charge in [-0.1, -0.05) is 0 Å². The van der Waals surface area contributed by atoms with Crippen molar-refractivity contribution < 1.29 is 24.2 Å². The summed E-state index contributed by atoms with van der Waals surface area (Å²) in [5.41, 5.74) is 0. The van der Waals surface area contributed by atoms with Crippen LogP contribution in [0.3, 0.4) is 0 Å². The zero-order valence-electron chi connectivity index (χ0n) is 11.5. The number of amides is 2. The first kappa shape index (κ1) is 17.2. The Morgan fingerprint density at radius 1 is 1.16 bits per heavy atom. The van der Waals surface area contributed by atoms with Crippen LogP contribution in [0.15, 0.2) is 0 Å². The quantitative estimate of drug-likeness (QED) is 0.479. The number of nitrogens with zero attached hydrogens (tertiary/aromatic N) is 1. The number of urea groups is 1. The highest BCUT2D eigenvalue weighted by molar-refractivity contribution is 5.74. The molecule has 0 aliphatic heterocycles. The molecule has 110 valence electrons. The first-order valence-corrected chi connectivity index (χ1v) is 6.25. The summed E-state index contributed by atoms with van der Waals surface area (Å²) < 4.78 is 4.50. The number of unbranched alkanes of at least 4 members (excludes halogenated alkanes) is 1. The van der Waals surface area contributed by atoms with Crippen LogP contribution in [-0.2, 0) is 14.3 Å². The van der Waals surface area contributed by atoms with Gasteiger partial charge in [0.2, 0.25) is 0 Å². The summed E-state index contributed by atoms with van der Waals surface area (Å²) in [5, 5.41) is 11.1. The van der Waals surface area contributed by atoms with Crippen molar-refractivity contribution >= 4 is 18.0 Å². The van der Waals surface area contributed by atoms with E-state index >= 15 is 0 Å². The monoisotopic (exact) mass is 274 g/mol. The van der Waals surface area contributed by atoms with E-state index in [2.05, 4.69) is 10.1 Å². The Hall–Kier alpha value is -1.79. The number of esters is 1. The predicted molar refractivity (Wildman–Crippen MR) is 68.8 cm³/mol. The zero-order valence-corrected chi connectivity index (χ0v) is 11.5. The molecule has 0 saturated heterocycles. The molecule has 0 aromatic carbocycles. The van der Waals surface area contributed by atoms with E-state index in [1.807, 2.05) is 0 Å². The minimum Gasteiger partial charge on any atom is -0.481 e. The third-order valence-electron chi connectivity index (χ3n) is 2.54. The highest BCUT2D eigenvalue weighted by atomic mass is 16.5. The molecule has 0 unspecified atom stereocenters. The molecule has 2 amide bonds. The van der Waals surface area contributed by atoms with E-state index in [4.69, 9.17) is 5.11 Å². The molecule has 0 aliphatic carbocycles. The van der Waals surface area contributed by atoms with Crippen LogP contribution in [-0.4, -0.2) is 55.2 Å². The Labute approximate surface area is 112 Å². The van der Waals surface area contributed by atoms with Gasteiger partial charge in [-0.25, -0.2) is 4.79 Å². The van der Waals surface area contributed by atoms with Gasteiger partial charge in [0.15, 0.2) is 0 Å². The lowest BCUT2D eigenvalue weighted by atomic mass is 10.2. The van der Waals surface area contributed by atoms with Crippen LogP contribution in [0.25, 0.3) is 0 Å². The molecule has 7 nitrogen and oxygen atoms in total. The maximum atomic E-state index is 11.6. The van der Waals surface area contributed by atoms with E-state index in [0.717, 1.165) is 0 Å². The Balaban J connectivity index is 3.59. The molecule has 0 heterocycles. The van der Waals surface area contributed by atoms with Gasteiger partial charge in [0.05, 0.1) is 7.11 Å². The number of carboxylic acids is 1. The van der Waals surface area contributed by atoms with E-state index in [-0.39, 0.29) is 24.8 Å². The van der Waals surface area contributed by atoms with Crippen molar-refractivity contribution in [2.45, 2.75) is 32.1 Å². The minimum absolute atomic E-state index is 0.116. The van der Waals surface area contributed by atoms with Gasteiger partial charge in [-0.2, -0.15) is 0 Å². The Morgan fingerprint density at radius 3 is 2.42 bits per heavy atom. The highest BCUT2D eigenvalue weighted by Gasteiger charge is 2.08. The van der Waals surface area contributed by atoms with E-state index in [0.29, 0.717) is 32.4 Å². The van der Waals surface area contributed by atoms with Gasteiger partial charge >= 0.3 is 18.0 Å². The number of ether oxygens (including phenoxy) is 1. The molecule has 19 heavy (non-hydrogen) atoms. The van der Waals surface area contributed by atoms with Crippen molar-refractivity contribution in [1.29, 1.82) is 0 Å². The van der Waals surface area contributed by atoms with Crippen LogP contribution < -0.4 is 5.32 Å². The number of carbonyl (C=O) groups is 3. The number of rotatable bonds is 9. The standard InChI is InChI=1S/C12H22N2O5/c1-14(9-5-7-11(17)19-2)12(18)13-8-4-3-6-10(15)16/h3-9H2,1-2H3,(H,13,18)(H,15,16). The molecule has 0 radical (unpaired) electrons. The molecular formula is C12H22N2O5. The number of hydrogen-bond acceptors (Lipinski definition) is 4. The van der Waals surface area contributed by atoms with E-state index in [1.54, 1.807) is 7.05 Å². The lowest BCUT2D eigenvalue weighted by Crippen LogP contribution is -2.38. The highest BCUT2D eigenvalue weighted by Crippen LogP contribution is 1.97. The van der Waals surface area contributed by atoms with Gasteiger partial charge in [0.25, 0.3) is 0 Å². The smallest absolute Gasteiger partial charge is 0.317 e. The van der Waals surface area contributed by atoms with Gasteiger partial charge < -0.3 is 20.1 Å². The normalized spacial score (nSPS) is 9.79. The molecule has 0 aliphatic rings. The Kier molecular flexibility index (Phi) is 9.20. The number of nitrogens with one attached hydrogen (secondary N) is 1. The van der Waals surface area contributed by atoms with Gasteiger partial charge in [-0.05, 0) is 19.3 Å². The average molecular weight is 274 g/mol. The third-order valence-corrected chi connectivity index (χ3v) is 2.54. The zero-order chi connectivity index (χ0) is 14.7. The Bertz CT molecular complexity index is 306. The lowest BCUT2D eigenvalue weighted by Gasteiger charge is -2.17. The predicted octanol–water partition coefficient (Wildman–Crippen LogP) is 0.836. The summed E-state index contributed by atoms with van der Waals surface area (Å²) >= 11 is 0. The summed E-state index contributed by atoms with van der Waals surface area (Å²) in [6.45, 7) is 0.920. The summed E-state index contributed by atoms with van der Waals surface area (Å²) in [4.78, 5) is 34.2. The van der Waals surface area contributed by atoms with Crippen LogP contribution in [0.5, 0.6) is 0 Å². The third kappa shape index (κ3) is 9.87. The first-order valence-electron chi connectivity index (χ1n) is 6.25. The molecule has 0 spiro atoms. The molecule has 7 heteroatoms. The van der Waals surface area contributed by atoms with E-state index < -0.39 is 5.97 Å². The molecule has 0 atom stereocenters. The largest absolute Gasteiger partial charge is 0.481 e. The summed E-state index contributed by atoms with van der Waals surface area (Å²) in [6.07, 6.45) is 2.13. The SMILES string of the molecule is COC(=O)CCCN(C)C(=O)NCCCCC(=O)O. The molecule has 2 N–H and O–H groups in total. The van der Waals surface area contributed by atoms with Crippen molar-refractivity contribution in [3.8, 4) is 0 Å². The molecule has 0 aromatic heterocycles. The maximum absolute atomic E-state index is 11.6. The fourth-order valence-corrected chi connectivity index (χ4v) is 1.40. The van der Waals surface area contributed by atoms with E-state index in [1.165, 1.54) is 12.0 Å². The van der Waals surface area contributed by atoms with Crippen LogP contribution in [0.1, 0.15) is 32.1 Å². The van der Waals surface area contributed by atoms with Crippen LogP contribution in [0.2, 0.25) is 0 Å². The van der Waals surface area contributed by atoms with Crippen molar-refractivity contribution in [3.05, 3.63) is 0 Å². The maximum Gasteiger partial charge on any atom is 0.317 e. The van der Waals surface area contributed by atoms with Crippen molar-refractivity contribution in [1.82, 2.24) is 10.2 Å². The Morgan fingerprint density at radius 2 is 1.84 bits per heavy atom. The number of carbonyl (C=O) groups excluding carboxylic acids is 2.